The van der Waals surface area contributed by atoms with E-state index in [1.165, 1.54) is 5.56 Å². The molecule has 2 amide bonds. The summed E-state index contributed by atoms with van der Waals surface area (Å²) in [5.74, 6) is 0.996. The van der Waals surface area contributed by atoms with Crippen molar-refractivity contribution in [3.05, 3.63) is 60.1 Å². The minimum absolute atomic E-state index is 0.00194. The molecule has 1 aromatic carbocycles. The number of hydrogen-bond donors (Lipinski definition) is 2. The first kappa shape index (κ1) is 19.2. The van der Waals surface area contributed by atoms with Gasteiger partial charge in [-0.05, 0) is 56.2 Å². The number of rotatable bonds is 8. The van der Waals surface area contributed by atoms with E-state index in [9.17, 15) is 9.59 Å². The van der Waals surface area contributed by atoms with Crippen molar-refractivity contribution in [1.29, 1.82) is 0 Å². The number of benzene rings is 1. The molecule has 2 N–H and O–H groups in total. The average molecular weight is 368 g/mol. The van der Waals surface area contributed by atoms with Crippen LogP contribution in [0.25, 0.3) is 0 Å². The molecule has 1 aliphatic carbocycles. The molecular formula is C22H28N2O3. The highest BCUT2D eigenvalue weighted by Crippen LogP contribution is 2.29. The van der Waals surface area contributed by atoms with Crippen molar-refractivity contribution in [2.24, 2.45) is 11.8 Å². The zero-order valence-electron chi connectivity index (χ0n) is 15.7. The van der Waals surface area contributed by atoms with E-state index >= 15 is 0 Å². The number of hydrogen-bond acceptors (Lipinski definition) is 3. The van der Waals surface area contributed by atoms with Crippen LogP contribution < -0.4 is 10.6 Å². The lowest BCUT2D eigenvalue weighted by molar-refractivity contribution is -0.130. The SMILES string of the molecule is O=C(NCCCc1ccccc1)C1CCC(C(=O)NCc2ccco2)CC1. The van der Waals surface area contributed by atoms with Gasteiger partial charge in [-0.2, -0.15) is 0 Å². The first-order valence-corrected chi connectivity index (χ1v) is 9.84. The van der Waals surface area contributed by atoms with Gasteiger partial charge in [0.25, 0.3) is 0 Å². The molecule has 0 unspecified atom stereocenters. The maximum Gasteiger partial charge on any atom is 0.223 e. The van der Waals surface area contributed by atoms with Gasteiger partial charge in [0.05, 0.1) is 12.8 Å². The molecule has 2 aromatic rings. The molecule has 5 heteroatoms. The average Bonchev–Trinajstić information content (AvgIpc) is 3.24. The second-order valence-electron chi connectivity index (χ2n) is 7.23. The van der Waals surface area contributed by atoms with Crippen LogP contribution in [0.3, 0.4) is 0 Å². The van der Waals surface area contributed by atoms with E-state index in [4.69, 9.17) is 4.42 Å². The van der Waals surface area contributed by atoms with E-state index in [1.54, 1.807) is 6.26 Å². The van der Waals surface area contributed by atoms with Crippen LogP contribution in [0.1, 0.15) is 43.4 Å². The third-order valence-electron chi connectivity index (χ3n) is 5.27. The van der Waals surface area contributed by atoms with Gasteiger partial charge in [-0.25, -0.2) is 0 Å². The summed E-state index contributed by atoms with van der Waals surface area (Å²) in [7, 11) is 0. The van der Waals surface area contributed by atoms with Crippen molar-refractivity contribution >= 4 is 11.8 Å². The van der Waals surface area contributed by atoms with Gasteiger partial charge in [0.1, 0.15) is 5.76 Å². The third-order valence-corrected chi connectivity index (χ3v) is 5.27. The second kappa shape index (κ2) is 9.95. The summed E-state index contributed by atoms with van der Waals surface area (Å²) in [5, 5.41) is 5.98. The van der Waals surface area contributed by atoms with Crippen molar-refractivity contribution in [2.75, 3.05) is 6.54 Å². The molecule has 1 aromatic heterocycles. The molecule has 3 rings (SSSR count). The van der Waals surface area contributed by atoms with Crippen molar-refractivity contribution in [3.63, 3.8) is 0 Å². The summed E-state index contributed by atoms with van der Waals surface area (Å²) >= 11 is 0. The highest BCUT2D eigenvalue weighted by atomic mass is 16.3. The van der Waals surface area contributed by atoms with Crippen molar-refractivity contribution in [3.8, 4) is 0 Å². The smallest absolute Gasteiger partial charge is 0.223 e. The quantitative estimate of drug-likeness (QED) is 0.701. The number of aryl methyl sites for hydroxylation is 1. The highest BCUT2D eigenvalue weighted by molar-refractivity contribution is 5.81. The van der Waals surface area contributed by atoms with E-state index in [2.05, 4.69) is 22.8 Å². The molecule has 1 aliphatic rings. The predicted octanol–water partition coefficient (Wildman–Crippen LogP) is 3.45. The van der Waals surface area contributed by atoms with Crippen molar-refractivity contribution in [1.82, 2.24) is 10.6 Å². The summed E-state index contributed by atoms with van der Waals surface area (Å²) in [6.07, 6.45) is 6.63. The van der Waals surface area contributed by atoms with Crippen LogP contribution in [0.4, 0.5) is 0 Å². The van der Waals surface area contributed by atoms with Crippen molar-refractivity contribution < 1.29 is 14.0 Å². The van der Waals surface area contributed by atoms with Crippen LogP contribution in [0.5, 0.6) is 0 Å². The Hall–Kier alpha value is -2.56. The van der Waals surface area contributed by atoms with Gasteiger partial charge in [0.2, 0.25) is 11.8 Å². The maximum absolute atomic E-state index is 12.3. The largest absolute Gasteiger partial charge is 0.467 e. The number of amides is 2. The predicted molar refractivity (Wildman–Crippen MR) is 104 cm³/mol. The van der Waals surface area contributed by atoms with E-state index < -0.39 is 0 Å². The Balaban J connectivity index is 1.31. The van der Waals surface area contributed by atoms with Gasteiger partial charge in [-0.1, -0.05) is 30.3 Å². The summed E-state index contributed by atoms with van der Waals surface area (Å²) < 4.78 is 5.23. The summed E-state index contributed by atoms with van der Waals surface area (Å²) in [6, 6.07) is 14.0. The molecule has 27 heavy (non-hydrogen) atoms. The Bertz CT molecular complexity index is 704. The minimum Gasteiger partial charge on any atom is -0.467 e. The van der Waals surface area contributed by atoms with Gasteiger partial charge in [0, 0.05) is 18.4 Å². The fourth-order valence-electron chi connectivity index (χ4n) is 3.64. The van der Waals surface area contributed by atoms with E-state index in [-0.39, 0.29) is 23.7 Å². The van der Waals surface area contributed by atoms with E-state index in [0.29, 0.717) is 13.1 Å². The summed E-state index contributed by atoms with van der Waals surface area (Å²) in [4.78, 5) is 24.6. The fourth-order valence-corrected chi connectivity index (χ4v) is 3.64. The van der Waals surface area contributed by atoms with Gasteiger partial charge >= 0.3 is 0 Å². The number of furan rings is 1. The van der Waals surface area contributed by atoms with Gasteiger partial charge in [-0.15, -0.1) is 0 Å². The fraction of sp³-hybridized carbons (Fsp3) is 0.455. The molecular weight excluding hydrogens is 340 g/mol. The van der Waals surface area contributed by atoms with Gasteiger partial charge in [0.15, 0.2) is 0 Å². The van der Waals surface area contributed by atoms with E-state index in [1.807, 2.05) is 30.3 Å². The zero-order chi connectivity index (χ0) is 18.9. The second-order valence-corrected chi connectivity index (χ2v) is 7.23. The zero-order valence-corrected chi connectivity index (χ0v) is 15.7. The van der Waals surface area contributed by atoms with Gasteiger partial charge in [-0.3, -0.25) is 9.59 Å². The molecule has 0 radical (unpaired) electrons. The number of carbonyl (C=O) groups is 2. The Labute approximate surface area is 160 Å². The molecule has 0 atom stereocenters. The summed E-state index contributed by atoms with van der Waals surface area (Å²) in [5.41, 5.74) is 1.30. The van der Waals surface area contributed by atoms with Crippen molar-refractivity contribution in [2.45, 2.75) is 45.1 Å². The lowest BCUT2D eigenvalue weighted by atomic mass is 9.81. The Kier molecular flexibility index (Phi) is 7.08. The topological polar surface area (TPSA) is 71.3 Å². The normalized spacial score (nSPS) is 19.4. The first-order chi connectivity index (χ1) is 13.2. The van der Waals surface area contributed by atoms with E-state index in [0.717, 1.165) is 44.3 Å². The van der Waals surface area contributed by atoms with Crippen LogP contribution in [0, 0.1) is 11.8 Å². The maximum atomic E-state index is 12.3. The van der Waals surface area contributed by atoms with Crippen LogP contribution in [-0.4, -0.2) is 18.4 Å². The molecule has 0 bridgehead atoms. The Morgan fingerprint density at radius 2 is 1.56 bits per heavy atom. The number of nitrogens with one attached hydrogen (secondary N) is 2. The first-order valence-electron chi connectivity index (χ1n) is 9.84. The standard InChI is InChI=1S/C22H28N2O3/c25-21(23-14-4-8-17-6-2-1-3-7-17)18-10-12-19(13-11-18)22(26)24-16-20-9-5-15-27-20/h1-3,5-7,9,15,18-19H,4,8,10-14,16H2,(H,23,25)(H,24,26). The lowest BCUT2D eigenvalue weighted by Gasteiger charge is -2.27. The Morgan fingerprint density at radius 3 is 2.19 bits per heavy atom. The van der Waals surface area contributed by atoms with Crippen LogP contribution in [-0.2, 0) is 22.6 Å². The molecule has 0 saturated heterocycles. The highest BCUT2D eigenvalue weighted by Gasteiger charge is 2.29. The lowest BCUT2D eigenvalue weighted by Crippen LogP contribution is -2.37. The monoisotopic (exact) mass is 368 g/mol. The van der Waals surface area contributed by atoms with Crippen LogP contribution >= 0.6 is 0 Å². The minimum atomic E-state index is 0.00194. The molecule has 5 nitrogen and oxygen atoms in total. The van der Waals surface area contributed by atoms with Crippen LogP contribution in [0.2, 0.25) is 0 Å². The number of carbonyl (C=O) groups excluding carboxylic acids is 2. The van der Waals surface area contributed by atoms with Crippen LogP contribution in [0.15, 0.2) is 53.1 Å². The third kappa shape index (κ3) is 5.98. The molecule has 0 spiro atoms. The molecule has 144 valence electrons. The molecule has 1 heterocycles. The van der Waals surface area contributed by atoms with Gasteiger partial charge < -0.3 is 15.1 Å². The summed E-state index contributed by atoms with van der Waals surface area (Å²) in [6.45, 7) is 1.13. The molecule has 0 aliphatic heterocycles. The molecule has 1 fully saturated rings. The Morgan fingerprint density at radius 1 is 0.889 bits per heavy atom. The molecule has 1 saturated carbocycles.